The second-order valence-corrected chi connectivity index (χ2v) is 10.0. The van der Waals surface area contributed by atoms with Crippen LogP contribution in [0.3, 0.4) is 0 Å². The minimum absolute atomic E-state index is 0.1000. The average Bonchev–Trinajstić information content (AvgIpc) is 3.44. The Hall–Kier alpha value is -5.09. The Kier molecular flexibility index (Phi) is 6.91. The molecule has 1 saturated heterocycles. The topological polar surface area (TPSA) is 123 Å². The molecule has 6 rings (SSSR count). The van der Waals surface area contributed by atoms with E-state index < -0.39 is 18.6 Å². The van der Waals surface area contributed by atoms with Crippen LogP contribution >= 0.6 is 0 Å². The lowest BCUT2D eigenvalue weighted by Crippen LogP contribution is -2.52. The number of pyridine rings is 1. The number of hydrogen-bond donors (Lipinski definition) is 1. The summed E-state index contributed by atoms with van der Waals surface area (Å²) in [4.78, 5) is 14.4. The Morgan fingerprint density at radius 3 is 2.71 bits per heavy atom. The van der Waals surface area contributed by atoms with Crippen molar-refractivity contribution in [3.63, 3.8) is 0 Å². The highest BCUT2D eigenvalue weighted by molar-refractivity contribution is 6.01. The van der Waals surface area contributed by atoms with E-state index in [4.69, 9.17) is 14.2 Å². The number of aromatic nitrogens is 5. The number of nitrogens with zero attached hydrogens (tertiary/aromatic N) is 7. The third kappa shape index (κ3) is 5.08. The van der Waals surface area contributed by atoms with E-state index in [0.29, 0.717) is 46.1 Å². The van der Waals surface area contributed by atoms with Crippen molar-refractivity contribution in [3.05, 3.63) is 66.4 Å². The molecule has 1 N–H and O–H groups in total. The number of methoxy groups -OCH3 is 1. The predicted octanol–water partition coefficient (Wildman–Crippen LogP) is 5.12. The fourth-order valence-electron chi connectivity index (χ4n) is 4.97. The van der Waals surface area contributed by atoms with Crippen LogP contribution in [0.5, 0.6) is 23.1 Å². The lowest BCUT2D eigenvalue weighted by Gasteiger charge is -2.36. The number of nitriles is 1. The number of anilines is 2. The molecule has 1 aliphatic rings. The van der Waals surface area contributed by atoms with Gasteiger partial charge in [0.15, 0.2) is 23.3 Å². The molecule has 5 aromatic rings. The number of likely N-dealkylation sites (tertiary alicyclic amines) is 1. The normalized spacial score (nSPS) is 16.7. The molecular weight excluding hydrogens is 546 g/mol. The Labute approximate surface area is 239 Å². The fraction of sp³-hybridized carbons (Fsp3) is 0.276. The Balaban J connectivity index is 1.37. The molecule has 11 nitrogen and oxygen atoms in total. The lowest BCUT2D eigenvalue weighted by molar-refractivity contribution is -0.135. The van der Waals surface area contributed by atoms with Crippen molar-refractivity contribution in [2.75, 3.05) is 32.6 Å². The maximum Gasteiger partial charge on any atom is 0.296 e. The number of ether oxygens (including phenoxy) is 3. The van der Waals surface area contributed by atoms with Gasteiger partial charge in [0.1, 0.15) is 24.5 Å². The summed E-state index contributed by atoms with van der Waals surface area (Å²) in [7, 11) is 3.09. The number of nitrogens with one attached hydrogen (secondary N) is 1. The zero-order valence-corrected chi connectivity index (χ0v) is 23.0. The van der Waals surface area contributed by atoms with Crippen LogP contribution < -0.4 is 19.5 Å². The third-order valence-electron chi connectivity index (χ3n) is 7.08. The molecule has 214 valence electrons. The largest absolute Gasteiger partial charge is 0.493 e. The fourth-order valence-corrected chi connectivity index (χ4v) is 4.97. The molecule has 3 aromatic heterocycles. The highest BCUT2D eigenvalue weighted by Crippen LogP contribution is 2.44. The summed E-state index contributed by atoms with van der Waals surface area (Å²) < 4.78 is 49.1. The molecule has 0 amide bonds. The first kappa shape index (κ1) is 27.1. The molecule has 1 aliphatic heterocycles. The van der Waals surface area contributed by atoms with Gasteiger partial charge in [0.05, 0.1) is 35.8 Å². The molecule has 1 fully saturated rings. The van der Waals surface area contributed by atoms with Gasteiger partial charge < -0.3 is 24.4 Å². The summed E-state index contributed by atoms with van der Waals surface area (Å²) in [6.07, 6.45) is 3.11. The molecule has 0 spiro atoms. The van der Waals surface area contributed by atoms with Crippen LogP contribution in [0.2, 0.25) is 0 Å². The molecule has 0 saturated carbocycles. The molecule has 1 atom stereocenters. The summed E-state index contributed by atoms with van der Waals surface area (Å²) in [5.74, 6) is -1.82. The molecule has 13 heteroatoms. The Bertz CT molecular complexity index is 1840. The first-order valence-electron chi connectivity index (χ1n) is 13.1. The van der Waals surface area contributed by atoms with E-state index in [0.717, 1.165) is 5.56 Å². The number of halogens is 2. The summed E-state index contributed by atoms with van der Waals surface area (Å²) in [5.41, 5.74) is 3.02. The van der Waals surface area contributed by atoms with Gasteiger partial charge in [0, 0.05) is 30.9 Å². The monoisotopic (exact) mass is 572 g/mol. The van der Waals surface area contributed by atoms with Gasteiger partial charge in [-0.3, -0.25) is 4.98 Å². The van der Waals surface area contributed by atoms with Crippen molar-refractivity contribution in [2.45, 2.75) is 25.4 Å². The highest BCUT2D eigenvalue weighted by atomic mass is 19.3. The maximum absolute atomic E-state index is 15.0. The minimum Gasteiger partial charge on any atom is -0.493 e. The van der Waals surface area contributed by atoms with Gasteiger partial charge in [-0.1, -0.05) is 0 Å². The number of hydrogen-bond acceptors (Lipinski definition) is 10. The number of aryl methyl sites for hydroxylation is 1. The van der Waals surface area contributed by atoms with Gasteiger partial charge in [0.2, 0.25) is 5.88 Å². The van der Waals surface area contributed by atoms with E-state index in [2.05, 4.69) is 31.4 Å². The van der Waals surface area contributed by atoms with Gasteiger partial charge in [-0.25, -0.2) is 23.3 Å². The SMILES string of the molecule is COc1ccc2ncc(C#N)c(Nc3ccc(Oc4cc5ncnn5cn4)c(C)c3)c2c1O[C@@H]1CCN(C)CC1(F)F. The van der Waals surface area contributed by atoms with E-state index in [-0.39, 0.29) is 23.5 Å². The second kappa shape index (κ2) is 10.7. The minimum atomic E-state index is -3.09. The van der Waals surface area contributed by atoms with Crippen LogP contribution in [-0.2, 0) is 0 Å². The molecule has 0 aliphatic carbocycles. The van der Waals surface area contributed by atoms with E-state index >= 15 is 8.78 Å². The van der Waals surface area contributed by atoms with E-state index in [1.807, 2.05) is 13.0 Å². The van der Waals surface area contributed by atoms with Gasteiger partial charge in [0.25, 0.3) is 5.92 Å². The molecular formula is C29H26F2N8O3. The van der Waals surface area contributed by atoms with E-state index in [1.165, 1.54) is 30.5 Å². The highest BCUT2D eigenvalue weighted by Gasteiger charge is 2.46. The summed E-state index contributed by atoms with van der Waals surface area (Å²) in [6, 6.07) is 12.5. The van der Waals surface area contributed by atoms with Gasteiger partial charge in [-0.05, 0) is 49.9 Å². The number of fused-ring (bicyclic) bond motifs is 2. The van der Waals surface area contributed by atoms with Crippen LogP contribution in [0, 0.1) is 18.3 Å². The predicted molar refractivity (Wildman–Crippen MR) is 150 cm³/mol. The maximum atomic E-state index is 15.0. The van der Waals surface area contributed by atoms with E-state index in [1.54, 1.807) is 42.3 Å². The Morgan fingerprint density at radius 1 is 1.12 bits per heavy atom. The van der Waals surface area contributed by atoms with Gasteiger partial charge in [-0.15, -0.1) is 0 Å². The molecule has 42 heavy (non-hydrogen) atoms. The smallest absolute Gasteiger partial charge is 0.296 e. The number of piperidine rings is 1. The van der Waals surface area contributed by atoms with Crippen molar-refractivity contribution in [1.29, 1.82) is 5.26 Å². The molecule has 0 bridgehead atoms. The quantitative estimate of drug-likeness (QED) is 0.281. The van der Waals surface area contributed by atoms with Crippen LogP contribution in [0.4, 0.5) is 20.2 Å². The number of rotatable bonds is 7. The first-order valence-corrected chi connectivity index (χ1v) is 13.1. The summed E-state index contributed by atoms with van der Waals surface area (Å²) >= 11 is 0. The zero-order valence-electron chi connectivity index (χ0n) is 23.0. The van der Waals surface area contributed by atoms with Crippen molar-refractivity contribution < 1.29 is 23.0 Å². The van der Waals surface area contributed by atoms with Crippen molar-refractivity contribution >= 4 is 27.9 Å². The average molecular weight is 573 g/mol. The van der Waals surface area contributed by atoms with E-state index in [9.17, 15) is 5.26 Å². The van der Waals surface area contributed by atoms with Crippen LogP contribution in [0.25, 0.3) is 16.6 Å². The van der Waals surface area contributed by atoms with Gasteiger partial charge >= 0.3 is 0 Å². The summed E-state index contributed by atoms with van der Waals surface area (Å²) in [5, 5.41) is 17.6. The molecule has 4 heterocycles. The summed E-state index contributed by atoms with van der Waals surface area (Å²) in [6.45, 7) is 1.90. The van der Waals surface area contributed by atoms with Gasteiger partial charge in [-0.2, -0.15) is 10.4 Å². The Morgan fingerprint density at radius 2 is 1.95 bits per heavy atom. The first-order chi connectivity index (χ1) is 20.3. The number of alkyl halides is 2. The number of benzene rings is 2. The van der Waals surface area contributed by atoms with Crippen molar-refractivity contribution in [3.8, 4) is 29.2 Å². The second-order valence-electron chi connectivity index (χ2n) is 10.0. The molecule has 2 aromatic carbocycles. The van der Waals surface area contributed by atoms with Crippen molar-refractivity contribution in [2.24, 2.45) is 0 Å². The lowest BCUT2D eigenvalue weighted by atomic mass is 10.0. The zero-order chi connectivity index (χ0) is 29.4. The van der Waals surface area contributed by atoms with Crippen molar-refractivity contribution in [1.82, 2.24) is 29.5 Å². The van der Waals surface area contributed by atoms with Crippen LogP contribution in [0.15, 0.2) is 55.2 Å². The standard InChI is InChI=1S/C29H26F2N8O3/c1-17-10-19(4-6-21(17)41-25-11-24-34-15-36-39(24)16-35-25)37-27-18(12-32)13-33-20-5-7-22(40-3)28(26(20)27)42-23-8-9-38(2)14-29(23,30)31/h4-7,10-11,13,15-16,23H,8-9,14H2,1-3H3,(H,33,37)/t23-/m1/s1. The van der Waals surface area contributed by atoms with Crippen LogP contribution in [0.1, 0.15) is 17.5 Å². The van der Waals surface area contributed by atoms with Crippen LogP contribution in [-0.4, -0.2) is 68.7 Å². The molecule has 0 unspecified atom stereocenters. The third-order valence-corrected chi connectivity index (χ3v) is 7.08. The molecule has 0 radical (unpaired) electrons.